The van der Waals surface area contributed by atoms with Gasteiger partial charge in [0.1, 0.15) is 0 Å². The molecule has 0 aliphatic carbocycles. The first-order valence-electron chi connectivity index (χ1n) is 7.53. The van der Waals surface area contributed by atoms with Gasteiger partial charge in [-0.15, -0.1) is 0 Å². The summed E-state index contributed by atoms with van der Waals surface area (Å²) in [5.74, 6) is 1.24. The van der Waals surface area contributed by atoms with E-state index in [4.69, 9.17) is 9.47 Å². The van der Waals surface area contributed by atoms with Crippen LogP contribution in [0.2, 0.25) is 0 Å². The molecule has 0 saturated carbocycles. The van der Waals surface area contributed by atoms with Crippen molar-refractivity contribution in [3.05, 3.63) is 18.2 Å². The minimum atomic E-state index is -0.0907. The Morgan fingerprint density at radius 2 is 1.81 bits per heavy atom. The molecule has 0 aliphatic heterocycles. The molecule has 1 aromatic carbocycles. The van der Waals surface area contributed by atoms with E-state index < -0.39 is 0 Å². The second-order valence-electron chi connectivity index (χ2n) is 4.73. The molecule has 2 N–H and O–H groups in total. The standard InChI is InChI=1S/C16H26N2O3/c1-5-17-11-12(4)16(19)18-13-8-9-14(20-6-2)15(10-13)21-7-3/h8-10,12,17H,5-7,11H2,1-4H3,(H,18,19). The molecular formula is C16H26N2O3. The summed E-state index contributed by atoms with van der Waals surface area (Å²) < 4.78 is 11.1. The number of amides is 1. The minimum Gasteiger partial charge on any atom is -0.490 e. The molecular weight excluding hydrogens is 268 g/mol. The van der Waals surface area contributed by atoms with Crippen molar-refractivity contribution in [2.45, 2.75) is 27.7 Å². The van der Waals surface area contributed by atoms with E-state index in [1.807, 2.05) is 39.8 Å². The Bertz CT molecular complexity index is 449. The molecule has 118 valence electrons. The molecule has 5 heteroatoms. The zero-order chi connectivity index (χ0) is 15.7. The van der Waals surface area contributed by atoms with Gasteiger partial charge in [-0.25, -0.2) is 0 Å². The van der Waals surface area contributed by atoms with Gasteiger partial charge in [-0.05, 0) is 32.5 Å². The van der Waals surface area contributed by atoms with Crippen LogP contribution in [0, 0.1) is 5.92 Å². The summed E-state index contributed by atoms with van der Waals surface area (Å²) >= 11 is 0. The van der Waals surface area contributed by atoms with E-state index in [1.165, 1.54) is 0 Å². The van der Waals surface area contributed by atoms with Crippen LogP contribution in [0.3, 0.4) is 0 Å². The lowest BCUT2D eigenvalue weighted by molar-refractivity contribution is -0.119. The number of hydrogen-bond acceptors (Lipinski definition) is 4. The zero-order valence-electron chi connectivity index (χ0n) is 13.4. The van der Waals surface area contributed by atoms with Gasteiger partial charge in [0.25, 0.3) is 0 Å². The average Bonchev–Trinajstić information content (AvgIpc) is 2.47. The maximum absolute atomic E-state index is 12.1. The van der Waals surface area contributed by atoms with Crippen LogP contribution in [0.25, 0.3) is 0 Å². The Morgan fingerprint density at radius 3 is 2.43 bits per heavy atom. The molecule has 1 aromatic rings. The lowest BCUT2D eigenvalue weighted by Crippen LogP contribution is -2.30. The molecule has 0 bridgehead atoms. The highest BCUT2D eigenvalue weighted by Gasteiger charge is 2.13. The number of carbonyl (C=O) groups excluding carboxylic acids is 1. The lowest BCUT2D eigenvalue weighted by atomic mass is 10.1. The molecule has 0 saturated heterocycles. The molecule has 0 spiro atoms. The van der Waals surface area contributed by atoms with E-state index in [1.54, 1.807) is 6.07 Å². The Kier molecular flexibility index (Phi) is 7.61. The van der Waals surface area contributed by atoms with Gasteiger partial charge in [0, 0.05) is 24.2 Å². The number of carbonyl (C=O) groups is 1. The van der Waals surface area contributed by atoms with E-state index in [2.05, 4.69) is 10.6 Å². The molecule has 0 heterocycles. The summed E-state index contributed by atoms with van der Waals surface area (Å²) in [4.78, 5) is 12.1. The maximum atomic E-state index is 12.1. The van der Waals surface area contributed by atoms with Crippen molar-refractivity contribution in [3.63, 3.8) is 0 Å². The fourth-order valence-corrected chi connectivity index (χ4v) is 1.85. The molecule has 1 unspecified atom stereocenters. The second kappa shape index (κ2) is 9.23. The van der Waals surface area contributed by atoms with Gasteiger partial charge in [0.15, 0.2) is 11.5 Å². The zero-order valence-corrected chi connectivity index (χ0v) is 13.4. The third-order valence-corrected chi connectivity index (χ3v) is 2.96. The monoisotopic (exact) mass is 294 g/mol. The molecule has 0 aromatic heterocycles. The maximum Gasteiger partial charge on any atom is 0.228 e. The Hall–Kier alpha value is -1.75. The largest absolute Gasteiger partial charge is 0.490 e. The van der Waals surface area contributed by atoms with Gasteiger partial charge in [-0.1, -0.05) is 13.8 Å². The smallest absolute Gasteiger partial charge is 0.228 e. The van der Waals surface area contributed by atoms with Crippen molar-refractivity contribution < 1.29 is 14.3 Å². The van der Waals surface area contributed by atoms with Crippen molar-refractivity contribution >= 4 is 11.6 Å². The van der Waals surface area contributed by atoms with Crippen LogP contribution in [-0.4, -0.2) is 32.2 Å². The number of rotatable bonds is 9. The summed E-state index contributed by atoms with van der Waals surface area (Å²) in [5.41, 5.74) is 0.718. The fourth-order valence-electron chi connectivity index (χ4n) is 1.85. The molecule has 0 radical (unpaired) electrons. The topological polar surface area (TPSA) is 59.6 Å². The van der Waals surface area contributed by atoms with Crippen LogP contribution in [0.4, 0.5) is 5.69 Å². The Balaban J connectivity index is 2.74. The molecule has 0 fully saturated rings. The number of benzene rings is 1. The molecule has 21 heavy (non-hydrogen) atoms. The normalized spacial score (nSPS) is 11.8. The summed E-state index contributed by atoms with van der Waals surface area (Å²) in [6.45, 7) is 10.4. The van der Waals surface area contributed by atoms with Gasteiger partial charge < -0.3 is 20.1 Å². The van der Waals surface area contributed by atoms with Gasteiger partial charge in [-0.3, -0.25) is 4.79 Å². The first-order valence-corrected chi connectivity index (χ1v) is 7.53. The summed E-state index contributed by atoms with van der Waals surface area (Å²) in [6.07, 6.45) is 0. The Morgan fingerprint density at radius 1 is 1.14 bits per heavy atom. The van der Waals surface area contributed by atoms with Crippen LogP contribution in [-0.2, 0) is 4.79 Å². The predicted molar refractivity (Wildman–Crippen MR) is 85.1 cm³/mol. The Labute approximate surface area is 127 Å². The molecule has 5 nitrogen and oxygen atoms in total. The van der Waals surface area contributed by atoms with E-state index in [-0.39, 0.29) is 11.8 Å². The predicted octanol–water partition coefficient (Wildman–Crippen LogP) is 2.67. The molecule has 1 rings (SSSR count). The van der Waals surface area contributed by atoms with Crippen LogP contribution in [0.1, 0.15) is 27.7 Å². The molecule has 1 atom stereocenters. The highest BCUT2D eigenvalue weighted by atomic mass is 16.5. The van der Waals surface area contributed by atoms with Gasteiger partial charge in [0.2, 0.25) is 5.91 Å². The SMILES string of the molecule is CCNCC(C)C(=O)Nc1ccc(OCC)c(OCC)c1. The first kappa shape index (κ1) is 17.3. The second-order valence-corrected chi connectivity index (χ2v) is 4.73. The van der Waals surface area contributed by atoms with Crippen LogP contribution >= 0.6 is 0 Å². The third-order valence-electron chi connectivity index (χ3n) is 2.96. The van der Waals surface area contributed by atoms with Gasteiger partial charge in [0.05, 0.1) is 13.2 Å². The average molecular weight is 294 g/mol. The van der Waals surface area contributed by atoms with E-state index in [0.717, 1.165) is 12.2 Å². The fraction of sp³-hybridized carbons (Fsp3) is 0.562. The van der Waals surface area contributed by atoms with Crippen molar-refractivity contribution in [1.29, 1.82) is 0 Å². The number of nitrogens with one attached hydrogen (secondary N) is 2. The van der Waals surface area contributed by atoms with Crippen LogP contribution in [0.5, 0.6) is 11.5 Å². The first-order chi connectivity index (χ1) is 10.1. The highest BCUT2D eigenvalue weighted by Crippen LogP contribution is 2.30. The van der Waals surface area contributed by atoms with Gasteiger partial charge >= 0.3 is 0 Å². The quantitative estimate of drug-likeness (QED) is 0.735. The molecule has 1 amide bonds. The van der Waals surface area contributed by atoms with E-state index >= 15 is 0 Å². The summed E-state index contributed by atoms with van der Waals surface area (Å²) in [7, 11) is 0. The highest BCUT2D eigenvalue weighted by molar-refractivity contribution is 5.92. The summed E-state index contributed by atoms with van der Waals surface area (Å²) in [6, 6.07) is 5.44. The third kappa shape index (κ3) is 5.63. The minimum absolute atomic E-state index is 0.0115. The number of anilines is 1. The number of hydrogen-bond donors (Lipinski definition) is 2. The van der Waals surface area contributed by atoms with Crippen molar-refractivity contribution in [2.75, 3.05) is 31.6 Å². The van der Waals surface area contributed by atoms with Crippen LogP contribution in [0.15, 0.2) is 18.2 Å². The summed E-state index contributed by atoms with van der Waals surface area (Å²) in [5, 5.41) is 6.07. The lowest BCUT2D eigenvalue weighted by Gasteiger charge is -2.15. The van der Waals surface area contributed by atoms with Crippen LogP contribution < -0.4 is 20.1 Å². The van der Waals surface area contributed by atoms with E-state index in [9.17, 15) is 4.79 Å². The van der Waals surface area contributed by atoms with Crippen molar-refractivity contribution in [2.24, 2.45) is 5.92 Å². The van der Waals surface area contributed by atoms with Crippen molar-refractivity contribution in [3.8, 4) is 11.5 Å². The van der Waals surface area contributed by atoms with E-state index in [0.29, 0.717) is 31.3 Å². The van der Waals surface area contributed by atoms with Crippen molar-refractivity contribution in [1.82, 2.24) is 5.32 Å². The van der Waals surface area contributed by atoms with Gasteiger partial charge in [-0.2, -0.15) is 0 Å². The number of ether oxygens (including phenoxy) is 2. The molecule has 0 aliphatic rings.